The fraction of sp³-hybridized carbons (Fsp3) is 0.433. The second kappa shape index (κ2) is 12.8. The molecule has 1 saturated heterocycles. The Hall–Kier alpha value is -3.95. The average molecular weight is 648 g/mol. The van der Waals surface area contributed by atoms with E-state index in [4.69, 9.17) is 4.74 Å². The number of β-amino-alcohol motifs (C(OH)–C–C–N with tert-alkyl or cyclic N) is 1. The number of aliphatic hydroxyl groups excluding tert-OH is 1. The Morgan fingerprint density at radius 3 is 2.49 bits per heavy atom. The highest BCUT2D eigenvalue weighted by Crippen LogP contribution is 2.38. The minimum atomic E-state index is -4.63. The highest BCUT2D eigenvalue weighted by atomic mass is 32.2. The number of alkyl halides is 3. The average Bonchev–Trinajstić information content (AvgIpc) is 3.47. The van der Waals surface area contributed by atoms with Gasteiger partial charge < -0.3 is 25.4 Å². The molecule has 2 aromatic carbocycles. The van der Waals surface area contributed by atoms with Crippen LogP contribution in [0.2, 0.25) is 0 Å². The summed E-state index contributed by atoms with van der Waals surface area (Å²) in [4.78, 5) is 11.0. The summed E-state index contributed by atoms with van der Waals surface area (Å²) < 4.78 is 70.2. The van der Waals surface area contributed by atoms with Gasteiger partial charge in [-0.05, 0) is 88.0 Å². The first-order valence-electron chi connectivity index (χ1n) is 14.5. The molecule has 0 amide bonds. The molecule has 11 nitrogen and oxygen atoms in total. The zero-order valence-corrected chi connectivity index (χ0v) is 26.1. The first kappa shape index (κ1) is 32.4. The molecule has 3 heterocycles. The number of aromatic amines is 1. The number of sulfone groups is 1. The van der Waals surface area contributed by atoms with Gasteiger partial charge in [-0.1, -0.05) is 12.1 Å². The number of nitrogens with one attached hydrogen (secondary N) is 3. The number of piperidine rings is 1. The quantitative estimate of drug-likeness (QED) is 0.176. The number of para-hydroxylation sites is 1. The Bertz CT molecular complexity index is 1770. The molecule has 1 unspecified atom stereocenters. The van der Waals surface area contributed by atoms with Gasteiger partial charge in [-0.3, -0.25) is 5.10 Å². The number of methoxy groups -OCH3 is 1. The van der Waals surface area contributed by atoms with E-state index in [-0.39, 0.29) is 16.8 Å². The zero-order chi connectivity index (χ0) is 32.5. The first-order valence-corrected chi connectivity index (χ1v) is 16.1. The maximum Gasteiger partial charge on any atom is 0.415 e. The number of fused-ring (bicyclic) bond motifs is 1. The van der Waals surface area contributed by atoms with E-state index in [1.54, 1.807) is 56.3 Å². The Labute approximate surface area is 259 Å². The summed E-state index contributed by atoms with van der Waals surface area (Å²) in [5, 5.41) is 22.7. The molecule has 1 atom stereocenters. The SMILES string of the molecule is COc1cc(C2CCN(CC(O)C(F)(F)F)CC2)c(C)cc1Nc1nc(Nc2ccccc2S(=O)(=O)C(C)C)c2cn[nH]c2n1. The van der Waals surface area contributed by atoms with Crippen LogP contribution in [0.15, 0.2) is 47.5 Å². The third-order valence-electron chi connectivity index (χ3n) is 8.05. The number of hydrogen-bond donors (Lipinski definition) is 4. The summed E-state index contributed by atoms with van der Waals surface area (Å²) in [6.07, 6.45) is -4.16. The maximum absolute atomic E-state index is 13.0. The van der Waals surface area contributed by atoms with Crippen molar-refractivity contribution in [1.82, 2.24) is 25.1 Å². The molecule has 5 rings (SSSR count). The molecule has 242 valence electrons. The maximum atomic E-state index is 13.0. The van der Waals surface area contributed by atoms with Crippen LogP contribution in [0.4, 0.5) is 36.3 Å². The molecular weight excluding hydrogens is 611 g/mol. The Kier molecular flexibility index (Phi) is 9.23. The fourth-order valence-corrected chi connectivity index (χ4v) is 6.69. The van der Waals surface area contributed by atoms with Crippen LogP contribution in [0.3, 0.4) is 0 Å². The standard InChI is InChI=1S/C30H36F3N7O4S/c1-17(2)45(42,43)25-8-6-5-7-22(25)35-27-21-15-34-39-28(21)38-29(37-27)36-23-13-18(3)20(14-24(23)44-4)19-9-11-40(12-10-19)16-26(41)30(31,32)33/h5-8,13-15,17,19,26,41H,9-12,16H2,1-4H3,(H3,34,35,36,37,38,39). The Balaban J connectivity index is 1.39. The second-order valence-corrected chi connectivity index (χ2v) is 13.9. The van der Waals surface area contributed by atoms with Crippen LogP contribution in [0, 0.1) is 6.92 Å². The van der Waals surface area contributed by atoms with Crippen molar-refractivity contribution in [3.8, 4) is 5.75 Å². The summed E-state index contributed by atoms with van der Waals surface area (Å²) in [5.41, 5.74) is 3.38. The van der Waals surface area contributed by atoms with Crippen LogP contribution in [0.5, 0.6) is 5.75 Å². The van der Waals surface area contributed by atoms with E-state index in [1.165, 1.54) is 0 Å². The van der Waals surface area contributed by atoms with E-state index in [0.29, 0.717) is 59.9 Å². The summed E-state index contributed by atoms with van der Waals surface area (Å²) in [6, 6.07) is 10.5. The van der Waals surface area contributed by atoms with E-state index in [0.717, 1.165) is 11.1 Å². The molecule has 0 radical (unpaired) electrons. The Morgan fingerprint density at radius 1 is 1.11 bits per heavy atom. The van der Waals surface area contributed by atoms with Crippen molar-refractivity contribution in [3.63, 3.8) is 0 Å². The van der Waals surface area contributed by atoms with Gasteiger partial charge >= 0.3 is 6.18 Å². The second-order valence-electron chi connectivity index (χ2n) is 11.4. The molecule has 0 spiro atoms. The van der Waals surface area contributed by atoms with Crippen molar-refractivity contribution in [2.45, 2.75) is 62.0 Å². The summed E-state index contributed by atoms with van der Waals surface area (Å²) >= 11 is 0. The highest BCUT2D eigenvalue weighted by Gasteiger charge is 2.39. The van der Waals surface area contributed by atoms with Gasteiger partial charge in [0.25, 0.3) is 0 Å². The third-order valence-corrected chi connectivity index (χ3v) is 10.3. The lowest BCUT2D eigenvalue weighted by Gasteiger charge is -2.34. The molecule has 45 heavy (non-hydrogen) atoms. The monoisotopic (exact) mass is 647 g/mol. The van der Waals surface area contributed by atoms with Gasteiger partial charge in [0.1, 0.15) is 11.6 Å². The van der Waals surface area contributed by atoms with E-state index >= 15 is 0 Å². The number of likely N-dealkylation sites (tertiary alicyclic amines) is 1. The van der Waals surface area contributed by atoms with Crippen LogP contribution in [0.1, 0.15) is 43.7 Å². The van der Waals surface area contributed by atoms with E-state index < -0.39 is 33.9 Å². The number of rotatable bonds is 10. The van der Waals surface area contributed by atoms with Crippen molar-refractivity contribution in [2.75, 3.05) is 37.4 Å². The molecule has 1 fully saturated rings. The number of aryl methyl sites for hydroxylation is 1. The van der Waals surface area contributed by atoms with E-state index in [1.807, 2.05) is 19.1 Å². The number of aliphatic hydroxyl groups is 1. The third kappa shape index (κ3) is 6.99. The number of benzene rings is 2. The smallest absolute Gasteiger partial charge is 0.415 e. The molecule has 4 N–H and O–H groups in total. The van der Waals surface area contributed by atoms with Crippen LogP contribution >= 0.6 is 0 Å². The van der Waals surface area contributed by atoms with Crippen molar-refractivity contribution in [1.29, 1.82) is 0 Å². The Morgan fingerprint density at radius 2 is 1.82 bits per heavy atom. The van der Waals surface area contributed by atoms with Crippen molar-refractivity contribution >= 4 is 44.0 Å². The molecule has 1 aliphatic rings. The van der Waals surface area contributed by atoms with E-state index in [2.05, 4.69) is 30.8 Å². The molecule has 1 aliphatic heterocycles. The normalized spacial score (nSPS) is 15.8. The molecule has 2 aromatic heterocycles. The summed E-state index contributed by atoms with van der Waals surface area (Å²) in [6.45, 7) is 5.65. The van der Waals surface area contributed by atoms with Gasteiger partial charge in [-0.15, -0.1) is 0 Å². The number of H-pyrrole nitrogens is 1. The lowest BCUT2D eigenvalue weighted by molar-refractivity contribution is -0.208. The molecule has 4 aromatic rings. The molecule has 0 saturated carbocycles. The van der Waals surface area contributed by atoms with Gasteiger partial charge in [0.05, 0.1) is 40.2 Å². The lowest BCUT2D eigenvalue weighted by atomic mass is 9.86. The molecule has 0 bridgehead atoms. The van der Waals surface area contributed by atoms with Crippen LogP contribution in [-0.4, -0.2) is 82.9 Å². The number of ether oxygens (including phenoxy) is 1. The molecule has 0 aliphatic carbocycles. The van der Waals surface area contributed by atoms with Gasteiger partial charge in [-0.25, -0.2) is 8.42 Å². The first-order chi connectivity index (χ1) is 21.3. The minimum absolute atomic E-state index is 0.114. The van der Waals surface area contributed by atoms with Gasteiger partial charge in [0, 0.05) is 6.54 Å². The molecule has 15 heteroatoms. The number of aromatic nitrogens is 4. The number of anilines is 4. The number of hydrogen-bond acceptors (Lipinski definition) is 10. The van der Waals surface area contributed by atoms with Crippen LogP contribution in [-0.2, 0) is 9.84 Å². The predicted octanol–water partition coefficient (Wildman–Crippen LogP) is 5.44. The van der Waals surface area contributed by atoms with Crippen LogP contribution in [0.25, 0.3) is 11.0 Å². The van der Waals surface area contributed by atoms with E-state index in [9.17, 15) is 26.7 Å². The fourth-order valence-electron chi connectivity index (χ4n) is 5.49. The highest BCUT2D eigenvalue weighted by molar-refractivity contribution is 7.92. The summed E-state index contributed by atoms with van der Waals surface area (Å²) in [7, 11) is -2.05. The zero-order valence-electron chi connectivity index (χ0n) is 25.3. The minimum Gasteiger partial charge on any atom is -0.495 e. The van der Waals surface area contributed by atoms with Gasteiger partial charge in [-0.2, -0.15) is 28.2 Å². The van der Waals surface area contributed by atoms with Crippen molar-refractivity contribution < 1.29 is 31.4 Å². The van der Waals surface area contributed by atoms with Gasteiger partial charge in [0.2, 0.25) is 5.95 Å². The largest absolute Gasteiger partial charge is 0.495 e. The van der Waals surface area contributed by atoms with Crippen LogP contribution < -0.4 is 15.4 Å². The topological polar surface area (TPSA) is 145 Å². The van der Waals surface area contributed by atoms with Crippen molar-refractivity contribution in [2.24, 2.45) is 0 Å². The molecular formula is C30H36F3N7O4S. The lowest BCUT2D eigenvalue weighted by Crippen LogP contribution is -2.44. The van der Waals surface area contributed by atoms with Crippen molar-refractivity contribution in [3.05, 3.63) is 53.7 Å². The van der Waals surface area contributed by atoms with Gasteiger partial charge in [0.15, 0.2) is 21.6 Å². The number of nitrogens with zero attached hydrogens (tertiary/aromatic N) is 4. The summed E-state index contributed by atoms with van der Waals surface area (Å²) in [5.74, 6) is 1.20. The predicted molar refractivity (Wildman–Crippen MR) is 165 cm³/mol. The number of halogens is 3.